The number of halogens is 4. The van der Waals surface area contributed by atoms with Gasteiger partial charge in [0.2, 0.25) is 0 Å². The average Bonchev–Trinajstić information content (AvgIpc) is 3.70. The molecular formula is C38H29F4N7O. The Morgan fingerprint density at radius 3 is 2.10 bits per heavy atom. The van der Waals surface area contributed by atoms with E-state index in [4.69, 9.17) is 0 Å². The molecule has 3 aliphatic heterocycles. The minimum Gasteiger partial charge on any atom is -0.367 e. The smallest absolute Gasteiger partial charge is 0.259 e. The number of rotatable bonds is 7. The van der Waals surface area contributed by atoms with E-state index in [0.717, 1.165) is 12.0 Å². The van der Waals surface area contributed by atoms with Gasteiger partial charge in [0, 0.05) is 26.1 Å². The second-order valence-corrected chi connectivity index (χ2v) is 11.9. The zero-order valence-electron chi connectivity index (χ0n) is 26.9. The molecule has 250 valence electrons. The number of hydrogen-bond donors (Lipinski definition) is 0. The molecule has 3 aromatic carbocycles. The molecule has 3 aromatic rings. The number of hydrogen-bond acceptors (Lipinski definition) is 7. The van der Waals surface area contributed by atoms with Crippen LogP contribution in [-0.2, 0) is 4.79 Å². The highest BCUT2D eigenvalue weighted by atomic mass is 19.2. The SMILES string of the molecule is CCN1C(=O)C(/C=C/c2ccc(N3N=C(c4c(F)c(F)c(N5CCCCC5)c(F)c4F)CC3c3ccccc3)cc2)=C(C#N)C1=C(C#N)C#N. The van der Waals surface area contributed by atoms with E-state index in [0.29, 0.717) is 37.2 Å². The van der Waals surface area contributed by atoms with Crippen LogP contribution in [0.15, 0.2) is 88.2 Å². The van der Waals surface area contributed by atoms with Gasteiger partial charge in [0.25, 0.3) is 5.91 Å². The number of nitrogens with zero attached hydrogens (tertiary/aromatic N) is 7. The Morgan fingerprint density at radius 1 is 0.880 bits per heavy atom. The first-order valence-corrected chi connectivity index (χ1v) is 16.1. The molecule has 0 aromatic heterocycles. The number of amides is 1. The molecule has 0 bridgehead atoms. The number of benzene rings is 3. The number of carbonyl (C=O) groups is 1. The second-order valence-electron chi connectivity index (χ2n) is 11.9. The van der Waals surface area contributed by atoms with Gasteiger partial charge in [0.15, 0.2) is 28.8 Å². The fraction of sp³-hybridized carbons (Fsp3) is 0.237. The van der Waals surface area contributed by atoms with Crippen molar-refractivity contribution in [3.63, 3.8) is 0 Å². The number of piperidine rings is 1. The predicted molar refractivity (Wildman–Crippen MR) is 179 cm³/mol. The maximum atomic E-state index is 15.7. The van der Waals surface area contributed by atoms with E-state index < -0.39 is 46.5 Å². The largest absolute Gasteiger partial charge is 0.367 e. The Morgan fingerprint density at radius 2 is 1.52 bits per heavy atom. The Labute approximate surface area is 286 Å². The van der Waals surface area contributed by atoms with Crippen molar-refractivity contribution >= 4 is 29.1 Å². The van der Waals surface area contributed by atoms with Crippen LogP contribution >= 0.6 is 0 Å². The summed E-state index contributed by atoms with van der Waals surface area (Å²) >= 11 is 0. The first-order chi connectivity index (χ1) is 24.2. The van der Waals surface area contributed by atoms with Gasteiger partial charge in [0.1, 0.15) is 23.9 Å². The highest BCUT2D eigenvalue weighted by Crippen LogP contribution is 2.40. The van der Waals surface area contributed by atoms with Crippen LogP contribution in [-0.4, -0.2) is 36.2 Å². The van der Waals surface area contributed by atoms with Gasteiger partial charge in [-0.3, -0.25) is 9.80 Å². The first kappa shape index (κ1) is 33.7. The molecule has 1 saturated heterocycles. The summed E-state index contributed by atoms with van der Waals surface area (Å²) in [6.07, 6.45) is 5.20. The molecular weight excluding hydrogens is 646 g/mol. The maximum Gasteiger partial charge on any atom is 0.259 e. The van der Waals surface area contributed by atoms with Crippen LogP contribution in [0.1, 0.15) is 55.3 Å². The third-order valence-corrected chi connectivity index (χ3v) is 9.04. The molecule has 1 unspecified atom stereocenters. The molecule has 3 heterocycles. The summed E-state index contributed by atoms with van der Waals surface area (Å²) in [5.74, 6) is -6.37. The van der Waals surface area contributed by atoms with Crippen LogP contribution in [0.3, 0.4) is 0 Å². The van der Waals surface area contributed by atoms with Crippen LogP contribution in [0.2, 0.25) is 0 Å². The quantitative estimate of drug-likeness (QED) is 0.145. The molecule has 0 aliphatic carbocycles. The summed E-state index contributed by atoms with van der Waals surface area (Å²) in [7, 11) is 0. The summed E-state index contributed by atoms with van der Waals surface area (Å²) in [5, 5.41) is 34.7. The van der Waals surface area contributed by atoms with Crippen molar-refractivity contribution in [1.29, 1.82) is 15.8 Å². The molecule has 1 atom stereocenters. The van der Waals surface area contributed by atoms with Crippen molar-refractivity contribution in [3.05, 3.63) is 123 Å². The average molecular weight is 676 g/mol. The number of carbonyl (C=O) groups excluding carboxylic acids is 1. The van der Waals surface area contributed by atoms with Crippen molar-refractivity contribution in [2.24, 2.45) is 5.10 Å². The van der Waals surface area contributed by atoms with E-state index in [1.54, 1.807) is 66.5 Å². The number of likely N-dealkylation sites (N-methyl/N-ethyl adjacent to an activating group) is 1. The summed E-state index contributed by atoms with van der Waals surface area (Å²) in [4.78, 5) is 15.7. The number of nitriles is 3. The van der Waals surface area contributed by atoms with Crippen LogP contribution in [0.4, 0.5) is 28.9 Å². The lowest BCUT2D eigenvalue weighted by molar-refractivity contribution is -0.123. The van der Waals surface area contributed by atoms with Crippen molar-refractivity contribution in [2.75, 3.05) is 29.5 Å². The number of allylic oxidation sites excluding steroid dienone is 2. The lowest BCUT2D eigenvalue weighted by Crippen LogP contribution is -2.32. The van der Waals surface area contributed by atoms with Gasteiger partial charge in [-0.1, -0.05) is 48.5 Å². The van der Waals surface area contributed by atoms with Crippen molar-refractivity contribution in [2.45, 2.75) is 38.6 Å². The Balaban J connectivity index is 1.35. The molecule has 1 fully saturated rings. The van der Waals surface area contributed by atoms with Crippen LogP contribution < -0.4 is 9.91 Å². The van der Waals surface area contributed by atoms with Gasteiger partial charge in [-0.15, -0.1) is 0 Å². The molecule has 0 spiro atoms. The normalized spacial score (nSPS) is 17.7. The lowest BCUT2D eigenvalue weighted by atomic mass is 9.96. The molecule has 3 aliphatic rings. The third kappa shape index (κ3) is 5.88. The Bertz CT molecular complexity index is 2070. The third-order valence-electron chi connectivity index (χ3n) is 9.04. The monoisotopic (exact) mass is 675 g/mol. The van der Waals surface area contributed by atoms with Gasteiger partial charge in [-0.2, -0.15) is 20.9 Å². The van der Waals surface area contributed by atoms with E-state index in [-0.39, 0.29) is 41.1 Å². The van der Waals surface area contributed by atoms with Gasteiger partial charge in [0.05, 0.1) is 39.8 Å². The highest BCUT2D eigenvalue weighted by molar-refractivity contribution is 6.05. The zero-order valence-corrected chi connectivity index (χ0v) is 26.9. The molecule has 0 N–H and O–H groups in total. The van der Waals surface area contributed by atoms with Gasteiger partial charge < -0.3 is 9.80 Å². The van der Waals surface area contributed by atoms with Crippen molar-refractivity contribution in [1.82, 2.24) is 4.90 Å². The Kier molecular flexibility index (Phi) is 9.51. The summed E-state index contributed by atoms with van der Waals surface area (Å²) < 4.78 is 62.2. The van der Waals surface area contributed by atoms with E-state index in [1.807, 2.05) is 24.3 Å². The molecule has 1 amide bonds. The minimum atomic E-state index is -1.49. The van der Waals surface area contributed by atoms with Crippen molar-refractivity contribution in [3.8, 4) is 18.2 Å². The lowest BCUT2D eigenvalue weighted by Gasteiger charge is -2.30. The van der Waals surface area contributed by atoms with E-state index in [9.17, 15) is 20.6 Å². The maximum absolute atomic E-state index is 15.7. The fourth-order valence-electron chi connectivity index (χ4n) is 6.60. The summed E-state index contributed by atoms with van der Waals surface area (Å²) in [6.45, 7) is 2.41. The van der Waals surface area contributed by atoms with Crippen LogP contribution in [0.25, 0.3) is 6.08 Å². The van der Waals surface area contributed by atoms with E-state index in [1.165, 1.54) is 15.9 Å². The first-order valence-electron chi connectivity index (χ1n) is 16.1. The molecule has 6 rings (SSSR count). The predicted octanol–water partition coefficient (Wildman–Crippen LogP) is 7.59. The van der Waals surface area contributed by atoms with Crippen LogP contribution in [0.5, 0.6) is 0 Å². The second kappa shape index (κ2) is 14.1. The van der Waals surface area contributed by atoms with Crippen molar-refractivity contribution < 1.29 is 22.4 Å². The highest BCUT2D eigenvalue weighted by Gasteiger charge is 2.38. The molecule has 8 nitrogen and oxygen atoms in total. The number of anilines is 2. The number of hydrazone groups is 1. The van der Waals surface area contributed by atoms with E-state index >= 15 is 17.6 Å². The fourth-order valence-corrected chi connectivity index (χ4v) is 6.60. The minimum absolute atomic E-state index is 0.0246. The Hall–Kier alpha value is -6.19. The topological polar surface area (TPSA) is 111 Å². The van der Waals surface area contributed by atoms with Gasteiger partial charge in [-0.05, 0) is 55.5 Å². The summed E-state index contributed by atoms with van der Waals surface area (Å²) in [5.41, 5.74) is -0.196. The van der Waals surface area contributed by atoms with Gasteiger partial charge >= 0.3 is 0 Å². The molecule has 0 saturated carbocycles. The molecule has 50 heavy (non-hydrogen) atoms. The zero-order chi connectivity index (χ0) is 35.5. The summed E-state index contributed by atoms with van der Waals surface area (Å²) in [6, 6.07) is 20.7. The molecule has 0 radical (unpaired) electrons. The standard InChI is InChI=1S/C38H29F4N7O/c1-2-48-36(25(20-43)21-44)28(22-45)27(38(48)50)16-13-23-11-14-26(15-12-23)49-30(24-9-5-3-6-10-24)19-29(46-49)31-32(39)34(41)37(35(42)33(31)40)47-17-7-4-8-18-47/h3,5-6,9-16,30H,2,4,7-8,17-19H2,1H3/b16-13+. The van der Waals surface area contributed by atoms with Gasteiger partial charge in [-0.25, -0.2) is 17.6 Å². The van der Waals surface area contributed by atoms with E-state index in [2.05, 4.69) is 5.10 Å². The molecule has 12 heteroatoms. The van der Waals surface area contributed by atoms with Crippen LogP contribution in [0, 0.1) is 57.3 Å².